The van der Waals surface area contributed by atoms with Crippen LogP contribution in [0.15, 0.2) is 24.3 Å². The fourth-order valence-corrected chi connectivity index (χ4v) is 3.85. The van der Waals surface area contributed by atoms with Gasteiger partial charge >= 0.3 is 6.09 Å². The molecule has 4 nitrogen and oxygen atoms in total. The lowest BCUT2D eigenvalue weighted by molar-refractivity contribution is -0.150. The molecule has 0 bridgehead atoms. The zero-order chi connectivity index (χ0) is 16.2. The summed E-state index contributed by atoms with van der Waals surface area (Å²) in [5.41, 5.74) is -0.318. The highest BCUT2D eigenvalue weighted by atomic mass is 35.5. The van der Waals surface area contributed by atoms with E-state index in [1.54, 1.807) is 13.2 Å². The first-order valence-electron chi connectivity index (χ1n) is 7.89. The Morgan fingerprint density at radius 3 is 2.50 bits per heavy atom. The molecule has 0 aliphatic heterocycles. The normalized spacial score (nSPS) is 18.7. The number of hydrogen-bond donors (Lipinski definition) is 1. The van der Waals surface area contributed by atoms with Crippen molar-refractivity contribution in [1.29, 1.82) is 0 Å². The van der Waals surface area contributed by atoms with Crippen molar-refractivity contribution in [2.45, 2.75) is 57.2 Å². The Morgan fingerprint density at radius 1 is 1.36 bits per heavy atom. The highest BCUT2D eigenvalue weighted by molar-refractivity contribution is 6.31. The molecule has 0 radical (unpaired) electrons. The minimum atomic E-state index is -1.04. The summed E-state index contributed by atoms with van der Waals surface area (Å²) in [6.45, 7) is 1.94. The van der Waals surface area contributed by atoms with E-state index in [9.17, 15) is 9.90 Å². The molecular weight excluding hydrogens is 302 g/mol. The smallest absolute Gasteiger partial charge is 0.410 e. The largest absolute Gasteiger partial charge is 0.465 e. The van der Waals surface area contributed by atoms with E-state index in [-0.39, 0.29) is 6.04 Å². The molecule has 0 unspecified atom stereocenters. The van der Waals surface area contributed by atoms with Gasteiger partial charge in [-0.25, -0.2) is 4.79 Å². The SMILES string of the molecule is CC[C@@](OC)(c1ccccc1Cl)N(C(=O)O)C1CCCCC1. The van der Waals surface area contributed by atoms with E-state index in [2.05, 4.69) is 0 Å². The van der Waals surface area contributed by atoms with Crippen molar-refractivity contribution in [2.75, 3.05) is 7.11 Å². The molecule has 122 valence electrons. The third kappa shape index (κ3) is 3.08. The predicted molar refractivity (Wildman–Crippen MR) is 87.2 cm³/mol. The van der Waals surface area contributed by atoms with E-state index in [0.29, 0.717) is 11.4 Å². The Morgan fingerprint density at radius 2 is 2.00 bits per heavy atom. The van der Waals surface area contributed by atoms with Crippen molar-refractivity contribution in [2.24, 2.45) is 0 Å². The van der Waals surface area contributed by atoms with E-state index in [1.807, 2.05) is 25.1 Å². The quantitative estimate of drug-likeness (QED) is 0.786. The van der Waals surface area contributed by atoms with Crippen LogP contribution < -0.4 is 0 Å². The molecule has 1 fully saturated rings. The molecule has 1 saturated carbocycles. The van der Waals surface area contributed by atoms with E-state index < -0.39 is 11.8 Å². The first-order valence-corrected chi connectivity index (χ1v) is 8.27. The van der Waals surface area contributed by atoms with Crippen LogP contribution in [0.1, 0.15) is 51.0 Å². The fraction of sp³-hybridized carbons (Fsp3) is 0.588. The number of nitrogens with zero attached hydrogens (tertiary/aromatic N) is 1. The topological polar surface area (TPSA) is 49.8 Å². The molecule has 1 aliphatic carbocycles. The molecule has 1 aromatic carbocycles. The number of amides is 1. The van der Waals surface area contributed by atoms with Gasteiger partial charge in [0.05, 0.1) is 0 Å². The summed E-state index contributed by atoms with van der Waals surface area (Å²) in [4.78, 5) is 13.5. The van der Waals surface area contributed by atoms with Crippen LogP contribution in [0.25, 0.3) is 0 Å². The molecule has 0 heterocycles. The second-order valence-corrected chi connectivity index (χ2v) is 6.17. The van der Waals surface area contributed by atoms with Gasteiger partial charge in [0.2, 0.25) is 0 Å². The summed E-state index contributed by atoms with van der Waals surface area (Å²) >= 11 is 6.35. The molecule has 2 rings (SSSR count). The van der Waals surface area contributed by atoms with Crippen molar-refractivity contribution in [3.63, 3.8) is 0 Å². The maximum atomic E-state index is 12.1. The molecule has 22 heavy (non-hydrogen) atoms. The Bertz CT molecular complexity index is 510. The van der Waals surface area contributed by atoms with Crippen molar-refractivity contribution in [3.05, 3.63) is 34.9 Å². The van der Waals surface area contributed by atoms with Crippen LogP contribution in [-0.2, 0) is 10.5 Å². The van der Waals surface area contributed by atoms with Crippen LogP contribution >= 0.6 is 11.6 Å². The second kappa shape index (κ2) is 7.34. The van der Waals surface area contributed by atoms with Gasteiger partial charge in [-0.1, -0.05) is 56.0 Å². The lowest BCUT2D eigenvalue weighted by Crippen LogP contribution is -2.55. The third-order valence-electron chi connectivity index (χ3n) is 4.65. The van der Waals surface area contributed by atoms with Crippen LogP contribution in [-0.4, -0.2) is 29.3 Å². The Labute approximate surface area is 137 Å². The first-order chi connectivity index (χ1) is 10.6. The zero-order valence-electron chi connectivity index (χ0n) is 13.2. The number of carboxylic acid groups (broad SMARTS) is 1. The van der Waals surface area contributed by atoms with Gasteiger partial charge in [0.25, 0.3) is 0 Å². The Balaban J connectivity index is 2.50. The van der Waals surface area contributed by atoms with Crippen LogP contribution in [0.4, 0.5) is 4.79 Å². The highest BCUT2D eigenvalue weighted by Gasteiger charge is 2.45. The van der Waals surface area contributed by atoms with Gasteiger partial charge < -0.3 is 9.84 Å². The average Bonchev–Trinajstić information content (AvgIpc) is 2.54. The third-order valence-corrected chi connectivity index (χ3v) is 4.98. The summed E-state index contributed by atoms with van der Waals surface area (Å²) in [6.07, 6.45) is 4.60. The highest BCUT2D eigenvalue weighted by Crippen LogP contribution is 2.41. The van der Waals surface area contributed by atoms with Crippen molar-refractivity contribution < 1.29 is 14.6 Å². The Hall–Kier alpha value is -1.26. The minimum Gasteiger partial charge on any atom is -0.465 e. The molecule has 1 amide bonds. The van der Waals surface area contributed by atoms with E-state index in [0.717, 1.165) is 31.2 Å². The first kappa shape index (κ1) is 17.1. The van der Waals surface area contributed by atoms with Gasteiger partial charge in [-0.15, -0.1) is 0 Å². The number of carbonyl (C=O) groups is 1. The Kier molecular flexibility index (Phi) is 5.70. The molecule has 1 atom stereocenters. The van der Waals surface area contributed by atoms with Gasteiger partial charge in [0.15, 0.2) is 5.72 Å². The maximum Gasteiger partial charge on any atom is 0.410 e. The van der Waals surface area contributed by atoms with Crippen LogP contribution in [0.5, 0.6) is 0 Å². The number of hydrogen-bond acceptors (Lipinski definition) is 2. The molecule has 1 aliphatic rings. The fourth-order valence-electron chi connectivity index (χ4n) is 3.57. The summed E-state index contributed by atoms with van der Waals surface area (Å²) in [6, 6.07) is 7.32. The lowest BCUT2D eigenvalue weighted by atomic mass is 9.89. The molecular formula is C17H24ClNO3. The summed E-state index contributed by atoms with van der Waals surface area (Å²) in [5, 5.41) is 10.4. The average molecular weight is 326 g/mol. The molecule has 0 aromatic heterocycles. The van der Waals surface area contributed by atoms with Crippen molar-refractivity contribution in [1.82, 2.24) is 4.90 Å². The van der Waals surface area contributed by atoms with E-state index in [4.69, 9.17) is 16.3 Å². The monoisotopic (exact) mass is 325 g/mol. The summed E-state index contributed by atoms with van der Waals surface area (Å²) in [5.74, 6) is 0. The molecule has 5 heteroatoms. The number of halogens is 1. The van der Waals surface area contributed by atoms with Gasteiger partial charge in [-0.05, 0) is 25.3 Å². The second-order valence-electron chi connectivity index (χ2n) is 5.77. The van der Waals surface area contributed by atoms with E-state index in [1.165, 1.54) is 11.3 Å². The molecule has 0 saturated heterocycles. The number of benzene rings is 1. The minimum absolute atomic E-state index is 0.0255. The van der Waals surface area contributed by atoms with Crippen LogP contribution in [0.3, 0.4) is 0 Å². The standard InChI is InChI=1S/C17H24ClNO3/c1-3-17(22-2,14-11-7-8-12-15(14)18)19(16(20)21)13-9-5-4-6-10-13/h7-8,11-13H,3-6,9-10H2,1-2H3,(H,20,21)/t17-/m1/s1. The van der Waals surface area contributed by atoms with E-state index >= 15 is 0 Å². The zero-order valence-corrected chi connectivity index (χ0v) is 14.0. The molecule has 0 spiro atoms. The summed E-state index contributed by atoms with van der Waals surface area (Å²) in [7, 11) is 1.56. The van der Waals surface area contributed by atoms with Gasteiger partial charge in [-0.3, -0.25) is 4.90 Å². The lowest BCUT2D eigenvalue weighted by Gasteiger charge is -2.46. The van der Waals surface area contributed by atoms with Gasteiger partial charge in [-0.2, -0.15) is 0 Å². The number of rotatable bonds is 5. The maximum absolute atomic E-state index is 12.1. The summed E-state index contributed by atoms with van der Waals surface area (Å²) < 4.78 is 5.79. The van der Waals surface area contributed by atoms with Gasteiger partial charge in [0.1, 0.15) is 0 Å². The van der Waals surface area contributed by atoms with Crippen LogP contribution in [0, 0.1) is 0 Å². The van der Waals surface area contributed by atoms with Gasteiger partial charge in [0, 0.05) is 23.7 Å². The molecule has 1 N–H and O–H groups in total. The molecule has 1 aromatic rings. The predicted octanol–water partition coefficient (Wildman–Crippen LogP) is 4.86. The number of ether oxygens (including phenoxy) is 1. The van der Waals surface area contributed by atoms with Crippen molar-refractivity contribution >= 4 is 17.7 Å². The van der Waals surface area contributed by atoms with Crippen molar-refractivity contribution in [3.8, 4) is 0 Å². The number of methoxy groups -OCH3 is 1. The van der Waals surface area contributed by atoms with Crippen LogP contribution in [0.2, 0.25) is 5.02 Å².